The van der Waals surface area contributed by atoms with Gasteiger partial charge in [-0.2, -0.15) is 0 Å². The Morgan fingerprint density at radius 2 is 2.10 bits per heavy atom. The highest BCUT2D eigenvalue weighted by Crippen LogP contribution is 2.17. The lowest BCUT2D eigenvalue weighted by molar-refractivity contribution is 0.0516. The van der Waals surface area contributed by atoms with Crippen molar-refractivity contribution in [2.24, 2.45) is 0 Å². The normalized spacial score (nSPS) is 9.90. The van der Waals surface area contributed by atoms with Gasteiger partial charge in [-0.05, 0) is 25.5 Å². The molecule has 4 nitrogen and oxygen atoms in total. The van der Waals surface area contributed by atoms with Crippen molar-refractivity contribution in [3.05, 3.63) is 53.3 Å². The number of carbonyl (C=O) groups is 1. The molecule has 2 rings (SSSR count). The van der Waals surface area contributed by atoms with Crippen LogP contribution < -0.4 is 5.73 Å². The van der Waals surface area contributed by atoms with Crippen LogP contribution in [0.2, 0.25) is 0 Å². The lowest BCUT2D eigenvalue weighted by Gasteiger charge is -2.10. The van der Waals surface area contributed by atoms with Crippen LogP contribution in [0.15, 0.2) is 36.5 Å². The number of aromatic nitrogens is 1. The number of nitrogens with zero attached hydrogens (tertiary/aromatic N) is 1. The predicted octanol–water partition coefficient (Wildman–Crippen LogP) is 3.03. The molecule has 108 valence electrons. The van der Waals surface area contributed by atoms with Crippen molar-refractivity contribution >= 4 is 24.1 Å². The van der Waals surface area contributed by atoms with Gasteiger partial charge in [0.05, 0.1) is 12.3 Å². The van der Waals surface area contributed by atoms with E-state index in [0.29, 0.717) is 24.5 Å². The second-order valence-corrected chi connectivity index (χ2v) is 4.46. The molecule has 0 amide bonds. The zero-order valence-corrected chi connectivity index (χ0v) is 12.4. The van der Waals surface area contributed by atoms with E-state index in [-0.39, 0.29) is 18.4 Å². The highest BCUT2D eigenvalue weighted by Gasteiger charge is 2.16. The lowest BCUT2D eigenvalue weighted by Crippen LogP contribution is -2.14. The smallest absolute Gasteiger partial charge is 0.357 e. The summed E-state index contributed by atoms with van der Waals surface area (Å²) < 4.78 is 6.85. The van der Waals surface area contributed by atoms with Crippen molar-refractivity contribution in [3.8, 4) is 0 Å². The number of esters is 1. The summed E-state index contributed by atoms with van der Waals surface area (Å²) in [6.45, 7) is 4.77. The maximum atomic E-state index is 11.9. The van der Waals surface area contributed by atoms with Gasteiger partial charge >= 0.3 is 5.97 Å². The summed E-state index contributed by atoms with van der Waals surface area (Å²) in [4.78, 5) is 11.9. The number of hydrogen-bond acceptors (Lipinski definition) is 3. The fourth-order valence-corrected chi connectivity index (χ4v) is 2.06. The van der Waals surface area contributed by atoms with E-state index in [2.05, 4.69) is 6.07 Å². The summed E-state index contributed by atoms with van der Waals surface area (Å²) in [6.07, 6.45) is 1.81. The van der Waals surface area contributed by atoms with E-state index in [1.807, 2.05) is 35.9 Å². The molecule has 0 aliphatic rings. The summed E-state index contributed by atoms with van der Waals surface area (Å²) in [7, 11) is 0. The summed E-state index contributed by atoms with van der Waals surface area (Å²) in [6, 6.07) is 9.88. The predicted molar refractivity (Wildman–Crippen MR) is 82.3 cm³/mol. The van der Waals surface area contributed by atoms with E-state index in [0.717, 1.165) is 5.56 Å². The van der Waals surface area contributed by atoms with Crippen molar-refractivity contribution in [1.82, 2.24) is 4.57 Å². The van der Waals surface area contributed by atoms with Crippen molar-refractivity contribution in [2.75, 3.05) is 12.3 Å². The molecule has 20 heavy (non-hydrogen) atoms. The van der Waals surface area contributed by atoms with Crippen LogP contribution in [-0.2, 0) is 11.3 Å². The molecular formula is C15H19ClN2O2. The Morgan fingerprint density at radius 3 is 2.75 bits per heavy atom. The van der Waals surface area contributed by atoms with Crippen LogP contribution in [0.3, 0.4) is 0 Å². The monoisotopic (exact) mass is 294 g/mol. The van der Waals surface area contributed by atoms with Gasteiger partial charge < -0.3 is 15.0 Å². The number of carbonyl (C=O) groups excluding carboxylic acids is 1. The molecule has 5 heteroatoms. The van der Waals surface area contributed by atoms with Crippen LogP contribution in [0, 0.1) is 6.92 Å². The van der Waals surface area contributed by atoms with Gasteiger partial charge in [-0.1, -0.05) is 29.8 Å². The first-order chi connectivity index (χ1) is 9.11. The minimum Gasteiger partial charge on any atom is -0.461 e. The van der Waals surface area contributed by atoms with E-state index in [1.165, 1.54) is 5.56 Å². The molecule has 0 radical (unpaired) electrons. The number of ether oxygens (including phenoxy) is 1. The van der Waals surface area contributed by atoms with E-state index < -0.39 is 0 Å². The largest absolute Gasteiger partial charge is 0.461 e. The highest BCUT2D eigenvalue weighted by molar-refractivity contribution is 5.93. The lowest BCUT2D eigenvalue weighted by atomic mass is 10.1. The number of nitrogen functional groups attached to an aromatic ring is 1. The van der Waals surface area contributed by atoms with Gasteiger partial charge in [0.25, 0.3) is 0 Å². The molecule has 0 aliphatic carbocycles. The zero-order valence-electron chi connectivity index (χ0n) is 11.6. The third kappa shape index (κ3) is 3.54. The van der Waals surface area contributed by atoms with Gasteiger partial charge in [0.1, 0.15) is 0 Å². The van der Waals surface area contributed by atoms with Crippen LogP contribution in [0.25, 0.3) is 0 Å². The summed E-state index contributed by atoms with van der Waals surface area (Å²) in [5.41, 5.74) is 9.02. The van der Waals surface area contributed by atoms with Gasteiger partial charge in [0.2, 0.25) is 0 Å². The molecule has 0 spiro atoms. The fraction of sp³-hybridized carbons (Fsp3) is 0.267. The molecule has 0 atom stereocenters. The Morgan fingerprint density at radius 1 is 1.35 bits per heavy atom. The number of aryl methyl sites for hydroxylation is 1. The number of halogens is 1. The Hall–Kier alpha value is -1.94. The molecule has 1 aromatic carbocycles. The van der Waals surface area contributed by atoms with Crippen molar-refractivity contribution in [2.45, 2.75) is 20.4 Å². The van der Waals surface area contributed by atoms with Crippen LogP contribution in [0.5, 0.6) is 0 Å². The van der Waals surface area contributed by atoms with E-state index in [1.54, 1.807) is 13.0 Å². The average molecular weight is 295 g/mol. The van der Waals surface area contributed by atoms with Crippen LogP contribution >= 0.6 is 12.4 Å². The molecule has 2 aromatic rings. The number of hydrogen-bond donors (Lipinski definition) is 1. The van der Waals surface area contributed by atoms with Crippen LogP contribution in [0.4, 0.5) is 5.69 Å². The van der Waals surface area contributed by atoms with Gasteiger partial charge in [0.15, 0.2) is 5.69 Å². The third-order valence-corrected chi connectivity index (χ3v) is 2.90. The molecule has 0 fully saturated rings. The Bertz CT molecular complexity index is 593. The van der Waals surface area contributed by atoms with Crippen LogP contribution in [-0.4, -0.2) is 17.1 Å². The minimum atomic E-state index is -0.377. The molecule has 0 aliphatic heterocycles. The SMILES string of the molecule is CCOC(=O)c1c(N)ccn1Cc1cccc(C)c1.Cl. The molecular weight excluding hydrogens is 276 g/mol. The van der Waals surface area contributed by atoms with E-state index >= 15 is 0 Å². The summed E-state index contributed by atoms with van der Waals surface area (Å²) >= 11 is 0. The number of rotatable bonds is 4. The summed E-state index contributed by atoms with van der Waals surface area (Å²) in [5.74, 6) is -0.377. The third-order valence-electron chi connectivity index (χ3n) is 2.90. The second-order valence-electron chi connectivity index (χ2n) is 4.46. The van der Waals surface area contributed by atoms with Gasteiger partial charge in [-0.3, -0.25) is 0 Å². The topological polar surface area (TPSA) is 57.2 Å². The maximum absolute atomic E-state index is 11.9. The maximum Gasteiger partial charge on any atom is 0.357 e. The Balaban J connectivity index is 0.00000200. The van der Waals surface area contributed by atoms with E-state index in [9.17, 15) is 4.79 Å². The first-order valence-corrected chi connectivity index (χ1v) is 6.29. The first kappa shape index (κ1) is 16.1. The van der Waals surface area contributed by atoms with Crippen molar-refractivity contribution < 1.29 is 9.53 Å². The average Bonchev–Trinajstić information content (AvgIpc) is 2.71. The summed E-state index contributed by atoms with van der Waals surface area (Å²) in [5, 5.41) is 0. The van der Waals surface area contributed by atoms with Crippen LogP contribution in [0.1, 0.15) is 28.5 Å². The first-order valence-electron chi connectivity index (χ1n) is 6.29. The van der Waals surface area contributed by atoms with Crippen molar-refractivity contribution in [1.29, 1.82) is 0 Å². The molecule has 0 saturated heterocycles. The van der Waals surface area contributed by atoms with Crippen molar-refractivity contribution in [3.63, 3.8) is 0 Å². The van der Waals surface area contributed by atoms with E-state index in [4.69, 9.17) is 10.5 Å². The van der Waals surface area contributed by atoms with Gasteiger partial charge in [-0.25, -0.2) is 4.79 Å². The Labute approximate surface area is 125 Å². The fourth-order valence-electron chi connectivity index (χ4n) is 2.06. The number of nitrogens with two attached hydrogens (primary N) is 1. The second kappa shape index (κ2) is 7.01. The molecule has 0 unspecified atom stereocenters. The molecule has 2 N–H and O–H groups in total. The quantitative estimate of drug-likeness (QED) is 0.882. The molecule has 0 saturated carbocycles. The molecule has 1 aromatic heterocycles. The number of benzene rings is 1. The van der Waals surface area contributed by atoms with Gasteiger partial charge in [-0.15, -0.1) is 12.4 Å². The number of anilines is 1. The Kier molecular flexibility index (Phi) is 5.65. The highest BCUT2D eigenvalue weighted by atomic mass is 35.5. The van der Waals surface area contributed by atoms with Gasteiger partial charge in [0, 0.05) is 12.7 Å². The minimum absolute atomic E-state index is 0. The molecule has 1 heterocycles. The standard InChI is InChI=1S/C15H18N2O2.ClH/c1-3-19-15(18)14-13(16)7-8-17(14)10-12-6-4-5-11(2)9-12;/h4-9H,3,10,16H2,1-2H3;1H. The molecule has 0 bridgehead atoms. The zero-order chi connectivity index (χ0) is 13.8.